The minimum absolute atomic E-state index is 0.183. The summed E-state index contributed by atoms with van der Waals surface area (Å²) in [5.74, 6) is 1.80. The van der Waals surface area contributed by atoms with E-state index in [-0.39, 0.29) is 24.4 Å². The van der Waals surface area contributed by atoms with Crippen molar-refractivity contribution in [1.29, 1.82) is 0 Å². The summed E-state index contributed by atoms with van der Waals surface area (Å²) in [4.78, 5) is 35.6. The zero-order valence-electron chi connectivity index (χ0n) is 31.3. The molecule has 4 aliphatic rings. The summed E-state index contributed by atoms with van der Waals surface area (Å²) in [6.07, 6.45) is 8.33. The fourth-order valence-electron chi connectivity index (χ4n) is 8.09. The molecule has 12 nitrogen and oxygen atoms in total. The third-order valence-electron chi connectivity index (χ3n) is 11.1. The fraction of sp³-hybridized carbons (Fsp3) is 0.405. The van der Waals surface area contributed by atoms with Gasteiger partial charge in [-0.25, -0.2) is 19.4 Å². The number of rotatable bonds is 13. The molecule has 0 spiro atoms. The van der Waals surface area contributed by atoms with Crippen LogP contribution in [0, 0.1) is 5.82 Å². The molecule has 3 aliphatic heterocycles. The van der Waals surface area contributed by atoms with Gasteiger partial charge in [0.2, 0.25) is 5.91 Å². The average Bonchev–Trinajstić information content (AvgIpc) is 3.96. The topological polar surface area (TPSA) is 108 Å². The highest BCUT2D eigenvalue weighted by atomic mass is 19.1. The maximum absolute atomic E-state index is 13.8. The Morgan fingerprint density at radius 1 is 0.891 bits per heavy atom. The van der Waals surface area contributed by atoms with E-state index in [1.807, 2.05) is 48.5 Å². The van der Waals surface area contributed by atoms with Crippen molar-refractivity contribution in [3.05, 3.63) is 103 Å². The second-order valence-electron chi connectivity index (χ2n) is 14.6. The number of piperidine rings is 1. The highest BCUT2D eigenvalue weighted by molar-refractivity contribution is 6.02. The number of carbonyl (C=O) groups excluding carboxylic acids is 1. The van der Waals surface area contributed by atoms with Crippen molar-refractivity contribution in [1.82, 2.24) is 19.8 Å². The van der Waals surface area contributed by atoms with Crippen LogP contribution in [0.1, 0.15) is 49.3 Å². The maximum Gasteiger partial charge on any atom is 0.247 e. The molecule has 4 aromatic rings. The van der Waals surface area contributed by atoms with E-state index >= 15 is 0 Å². The average molecular weight is 749 g/mol. The lowest BCUT2D eigenvalue weighted by Gasteiger charge is -2.43. The molecule has 1 atom stereocenters. The molecule has 3 saturated heterocycles. The fourth-order valence-corrected chi connectivity index (χ4v) is 8.09. The quantitative estimate of drug-likeness (QED) is 0.143. The molecule has 55 heavy (non-hydrogen) atoms. The van der Waals surface area contributed by atoms with Gasteiger partial charge in [-0.05, 0) is 61.6 Å². The van der Waals surface area contributed by atoms with Gasteiger partial charge in [-0.2, -0.15) is 0 Å². The highest BCUT2D eigenvalue weighted by Crippen LogP contribution is 2.42. The molecule has 4 heterocycles. The lowest BCUT2D eigenvalue weighted by molar-refractivity contribution is -0.111. The number of ether oxygens (including phenoxy) is 2. The van der Waals surface area contributed by atoms with Gasteiger partial charge >= 0.3 is 0 Å². The van der Waals surface area contributed by atoms with Gasteiger partial charge in [0.15, 0.2) is 5.82 Å². The molecular formula is C42H49FN8O4. The van der Waals surface area contributed by atoms with E-state index < -0.39 is 0 Å². The number of nitrogens with one attached hydrogen (secondary N) is 2. The number of hydrogen-bond acceptors (Lipinski definition) is 11. The number of benzene rings is 3. The Kier molecular flexibility index (Phi) is 11.1. The van der Waals surface area contributed by atoms with E-state index in [0.29, 0.717) is 53.6 Å². The Labute approximate surface area is 321 Å². The summed E-state index contributed by atoms with van der Waals surface area (Å²) in [7, 11) is 1.64. The predicted molar refractivity (Wildman–Crippen MR) is 212 cm³/mol. The van der Waals surface area contributed by atoms with Gasteiger partial charge in [0.05, 0.1) is 36.8 Å². The van der Waals surface area contributed by atoms with E-state index in [2.05, 4.69) is 41.9 Å². The number of methoxy groups -OCH3 is 1. The van der Waals surface area contributed by atoms with Crippen LogP contribution in [0.15, 0.2) is 85.7 Å². The maximum atomic E-state index is 13.8. The lowest BCUT2D eigenvalue weighted by atomic mass is 10.0. The number of anilines is 5. The summed E-state index contributed by atoms with van der Waals surface area (Å²) in [5, 5.41) is 8.22. The Bertz CT molecular complexity index is 1980. The van der Waals surface area contributed by atoms with E-state index in [9.17, 15) is 9.18 Å². The van der Waals surface area contributed by atoms with Gasteiger partial charge in [-0.3, -0.25) is 19.4 Å². The first-order chi connectivity index (χ1) is 26.9. The summed E-state index contributed by atoms with van der Waals surface area (Å²) >= 11 is 0. The van der Waals surface area contributed by atoms with Crippen LogP contribution in [-0.2, 0) is 16.2 Å². The van der Waals surface area contributed by atoms with Gasteiger partial charge in [0.25, 0.3) is 0 Å². The number of halogens is 1. The van der Waals surface area contributed by atoms with E-state index in [4.69, 9.17) is 14.3 Å². The van der Waals surface area contributed by atoms with Gasteiger partial charge in [0, 0.05) is 75.5 Å². The van der Waals surface area contributed by atoms with Crippen LogP contribution in [0.4, 0.5) is 33.1 Å². The second kappa shape index (κ2) is 16.6. The third kappa shape index (κ3) is 8.54. The number of hydrogen-bond donors (Lipinski definition) is 2. The molecule has 0 radical (unpaired) electrons. The van der Waals surface area contributed by atoms with Gasteiger partial charge in [-0.15, -0.1) is 0 Å². The largest absolute Gasteiger partial charge is 0.494 e. The van der Waals surface area contributed by atoms with Crippen LogP contribution in [-0.4, -0.2) is 90.7 Å². The second-order valence-corrected chi connectivity index (χ2v) is 14.6. The molecule has 1 aliphatic carbocycles. The molecule has 1 aromatic heterocycles. The first-order valence-corrected chi connectivity index (χ1v) is 19.3. The molecule has 0 bridgehead atoms. The van der Waals surface area contributed by atoms with Crippen molar-refractivity contribution >= 4 is 34.6 Å². The van der Waals surface area contributed by atoms with E-state index in [0.717, 1.165) is 61.9 Å². The van der Waals surface area contributed by atoms with Crippen LogP contribution < -0.4 is 30.1 Å². The number of amides is 1. The van der Waals surface area contributed by atoms with Crippen molar-refractivity contribution in [2.45, 2.75) is 56.8 Å². The molecule has 4 fully saturated rings. The summed E-state index contributed by atoms with van der Waals surface area (Å²) in [6.45, 7) is 10.8. The van der Waals surface area contributed by atoms with Crippen LogP contribution in [0.5, 0.6) is 11.5 Å². The van der Waals surface area contributed by atoms with Crippen LogP contribution in [0.2, 0.25) is 0 Å². The van der Waals surface area contributed by atoms with Gasteiger partial charge in [0.1, 0.15) is 36.1 Å². The van der Waals surface area contributed by atoms with Gasteiger partial charge in [-0.1, -0.05) is 36.9 Å². The number of hydroxylamine groups is 1. The minimum Gasteiger partial charge on any atom is -0.494 e. The zero-order valence-corrected chi connectivity index (χ0v) is 31.3. The monoisotopic (exact) mass is 748 g/mol. The molecule has 1 unspecified atom stereocenters. The molecule has 2 N–H and O–H groups in total. The molecule has 3 aromatic carbocycles. The number of piperazine rings is 1. The van der Waals surface area contributed by atoms with E-state index in [1.165, 1.54) is 50.5 Å². The van der Waals surface area contributed by atoms with E-state index in [1.54, 1.807) is 18.2 Å². The van der Waals surface area contributed by atoms with Crippen LogP contribution >= 0.6 is 0 Å². The Balaban J connectivity index is 0.981. The molecule has 8 rings (SSSR count). The van der Waals surface area contributed by atoms with Crippen molar-refractivity contribution in [2.24, 2.45) is 0 Å². The first-order valence-electron chi connectivity index (χ1n) is 19.3. The zero-order chi connectivity index (χ0) is 37.7. The van der Waals surface area contributed by atoms with Crippen LogP contribution in [0.3, 0.4) is 0 Å². The number of para-hydroxylation sites is 1. The Hall–Kier alpha value is -5.24. The Morgan fingerprint density at radius 3 is 2.38 bits per heavy atom. The van der Waals surface area contributed by atoms with Crippen molar-refractivity contribution in [3.8, 4) is 11.5 Å². The van der Waals surface area contributed by atoms with Crippen LogP contribution in [0.25, 0.3) is 0 Å². The smallest absolute Gasteiger partial charge is 0.247 e. The Morgan fingerprint density at radius 2 is 1.65 bits per heavy atom. The molecular weight excluding hydrogens is 700 g/mol. The van der Waals surface area contributed by atoms with Crippen molar-refractivity contribution < 1.29 is 23.5 Å². The number of carbonyl (C=O) groups is 1. The molecule has 13 heteroatoms. The number of nitrogens with zero attached hydrogens (tertiary/aromatic N) is 6. The molecule has 1 amide bonds. The molecule has 1 saturated carbocycles. The summed E-state index contributed by atoms with van der Waals surface area (Å²) in [6, 6.07) is 21.1. The standard InChI is InChI=1S/C42H49FN8O4/c1-3-42(52)47-34-24-35(39(53-2)25-37(34)50-16-13-32(14-17-50)49-20-18-48(19-21-49)31-11-12-31)46-40-26-41(45-28-44-40)51-36(15-22-55-51)33-9-4-5-10-38(33)54-27-29-7-6-8-30(43)23-29/h3-10,23-26,28,31-32,36H,1,11-22,27H2,2H3,(H,47,52)(H,44,45,46). The SMILES string of the molecule is C=CC(=O)Nc1cc(Nc2cc(N3OCCC3c3ccccc3OCc3cccc(F)c3)ncn2)c(OC)cc1N1CCC(N2CCN(C3CC3)CC2)CC1. The highest BCUT2D eigenvalue weighted by Gasteiger charge is 2.35. The summed E-state index contributed by atoms with van der Waals surface area (Å²) < 4.78 is 25.9. The predicted octanol–water partition coefficient (Wildman–Crippen LogP) is 6.70. The normalized spacial score (nSPS) is 19.6. The first kappa shape index (κ1) is 36.7. The van der Waals surface area contributed by atoms with Crippen molar-refractivity contribution in [3.63, 3.8) is 0 Å². The minimum atomic E-state index is -0.298. The lowest BCUT2D eigenvalue weighted by Crippen LogP contribution is -2.53. The summed E-state index contributed by atoms with van der Waals surface area (Å²) in [5.41, 5.74) is 3.88. The molecule has 288 valence electrons. The van der Waals surface area contributed by atoms with Crippen molar-refractivity contribution in [2.75, 3.05) is 73.6 Å². The third-order valence-corrected chi connectivity index (χ3v) is 11.1. The number of aromatic nitrogens is 2. The van der Waals surface area contributed by atoms with Gasteiger partial charge < -0.3 is 25.0 Å².